The Morgan fingerprint density at radius 2 is 0.880 bits per heavy atom. The summed E-state index contributed by atoms with van der Waals surface area (Å²) in [5, 5.41) is 0. The fraction of sp³-hybridized carbons (Fsp3) is 0.889. The minimum Gasteiger partial charge on any atom is -0.463 e. The molecule has 0 rings (SSSR count). The van der Waals surface area contributed by atoms with Crippen LogP contribution in [0.3, 0.4) is 0 Å². The minimum absolute atomic E-state index is 0.171. The van der Waals surface area contributed by atoms with Crippen LogP contribution in [0.2, 0.25) is 0 Å². The summed E-state index contributed by atoms with van der Waals surface area (Å²) in [6.07, 6.45) is 4.62. The van der Waals surface area contributed by atoms with E-state index in [9.17, 15) is 9.59 Å². The molecule has 0 aliphatic rings. The lowest BCUT2D eigenvalue weighted by atomic mass is 10.2. The van der Waals surface area contributed by atoms with E-state index < -0.39 is 0 Å². The number of unbranched alkanes of at least 4 members (excludes halogenated alkanes) is 2. The predicted octanol–water partition coefficient (Wildman–Crippen LogP) is 2.50. The first kappa shape index (κ1) is 23.8. The summed E-state index contributed by atoms with van der Waals surface area (Å²) in [5.74, 6) is -0.343. The zero-order valence-corrected chi connectivity index (χ0v) is 15.8. The summed E-state index contributed by atoms with van der Waals surface area (Å²) in [4.78, 5) is 22.4. The zero-order chi connectivity index (χ0) is 18.6. The fourth-order valence-corrected chi connectivity index (χ4v) is 1.76. The Balaban J connectivity index is 3.14. The van der Waals surface area contributed by atoms with Crippen molar-refractivity contribution in [1.82, 2.24) is 0 Å². The molecular formula is C18H34O7. The summed E-state index contributed by atoms with van der Waals surface area (Å²) in [6.45, 7) is 7.19. The number of rotatable bonds is 18. The van der Waals surface area contributed by atoms with Gasteiger partial charge in [-0.25, -0.2) is 0 Å². The van der Waals surface area contributed by atoms with Crippen LogP contribution < -0.4 is 0 Å². The van der Waals surface area contributed by atoms with Crippen molar-refractivity contribution in [2.75, 3.05) is 52.9 Å². The van der Waals surface area contributed by atoms with Gasteiger partial charge in [0.25, 0.3) is 0 Å². The number of esters is 2. The van der Waals surface area contributed by atoms with Gasteiger partial charge in [-0.15, -0.1) is 0 Å². The van der Waals surface area contributed by atoms with Gasteiger partial charge in [0.15, 0.2) is 0 Å². The van der Waals surface area contributed by atoms with Crippen LogP contribution in [0.5, 0.6) is 0 Å². The Morgan fingerprint density at radius 3 is 1.20 bits per heavy atom. The van der Waals surface area contributed by atoms with Crippen LogP contribution in [-0.2, 0) is 33.3 Å². The monoisotopic (exact) mass is 362 g/mol. The Labute approximate surface area is 151 Å². The molecule has 148 valence electrons. The zero-order valence-electron chi connectivity index (χ0n) is 15.8. The van der Waals surface area contributed by atoms with E-state index in [0.29, 0.717) is 52.5 Å². The Morgan fingerprint density at radius 1 is 0.560 bits per heavy atom. The van der Waals surface area contributed by atoms with Gasteiger partial charge in [-0.3, -0.25) is 9.59 Å². The Bertz CT molecular complexity index is 291. The first-order chi connectivity index (χ1) is 12.2. The molecule has 0 bridgehead atoms. The number of hydrogen-bond acceptors (Lipinski definition) is 7. The lowest BCUT2D eigenvalue weighted by Crippen LogP contribution is -2.15. The van der Waals surface area contributed by atoms with Crippen LogP contribution in [0, 0.1) is 0 Å². The summed E-state index contributed by atoms with van der Waals surface area (Å²) >= 11 is 0. The van der Waals surface area contributed by atoms with Crippen molar-refractivity contribution in [3.05, 3.63) is 0 Å². The molecule has 0 aromatic heterocycles. The maximum atomic E-state index is 11.2. The van der Waals surface area contributed by atoms with Crippen LogP contribution in [0.25, 0.3) is 0 Å². The summed E-state index contributed by atoms with van der Waals surface area (Å²) < 4.78 is 25.9. The molecule has 0 amide bonds. The normalized spacial score (nSPS) is 10.6. The van der Waals surface area contributed by atoms with E-state index in [1.807, 2.05) is 13.8 Å². The quantitative estimate of drug-likeness (QED) is 0.274. The van der Waals surface area contributed by atoms with Crippen LogP contribution in [0.4, 0.5) is 0 Å². The lowest BCUT2D eigenvalue weighted by molar-refractivity contribution is -0.146. The molecule has 0 heterocycles. The molecule has 0 aromatic rings. The average molecular weight is 362 g/mol. The molecular weight excluding hydrogens is 328 g/mol. The molecule has 7 nitrogen and oxygen atoms in total. The molecule has 0 aliphatic heterocycles. The SMILES string of the molecule is CCCCC(=O)OCCOCCOCCOCCOC(=O)CCCC. The van der Waals surface area contributed by atoms with Gasteiger partial charge in [0.2, 0.25) is 0 Å². The van der Waals surface area contributed by atoms with Gasteiger partial charge >= 0.3 is 11.9 Å². The average Bonchev–Trinajstić information content (AvgIpc) is 2.61. The number of carbonyl (C=O) groups excluding carboxylic acids is 2. The van der Waals surface area contributed by atoms with Crippen molar-refractivity contribution < 1.29 is 33.3 Å². The Kier molecular flexibility index (Phi) is 18.2. The predicted molar refractivity (Wildman–Crippen MR) is 93.4 cm³/mol. The van der Waals surface area contributed by atoms with E-state index in [4.69, 9.17) is 23.7 Å². The topological polar surface area (TPSA) is 80.3 Å². The van der Waals surface area contributed by atoms with Crippen LogP contribution in [0.1, 0.15) is 52.4 Å². The molecule has 0 unspecified atom stereocenters. The van der Waals surface area contributed by atoms with Crippen LogP contribution in [0.15, 0.2) is 0 Å². The number of ether oxygens (including phenoxy) is 5. The maximum absolute atomic E-state index is 11.2. The van der Waals surface area contributed by atoms with E-state index in [1.54, 1.807) is 0 Å². The first-order valence-electron chi connectivity index (χ1n) is 9.25. The van der Waals surface area contributed by atoms with Crippen molar-refractivity contribution in [3.63, 3.8) is 0 Å². The molecule has 7 heteroatoms. The van der Waals surface area contributed by atoms with Gasteiger partial charge < -0.3 is 23.7 Å². The molecule has 0 saturated carbocycles. The second-order valence-corrected chi connectivity index (χ2v) is 5.49. The van der Waals surface area contributed by atoms with Gasteiger partial charge in [-0.1, -0.05) is 26.7 Å². The highest BCUT2D eigenvalue weighted by molar-refractivity contribution is 5.69. The summed E-state index contributed by atoms with van der Waals surface area (Å²) in [5.41, 5.74) is 0. The van der Waals surface area contributed by atoms with Crippen molar-refractivity contribution in [1.29, 1.82) is 0 Å². The van der Waals surface area contributed by atoms with Crippen molar-refractivity contribution >= 4 is 11.9 Å². The second-order valence-electron chi connectivity index (χ2n) is 5.49. The third-order valence-electron chi connectivity index (χ3n) is 3.19. The molecule has 0 radical (unpaired) electrons. The third kappa shape index (κ3) is 19.0. The van der Waals surface area contributed by atoms with Crippen molar-refractivity contribution in [2.24, 2.45) is 0 Å². The standard InChI is InChI=1S/C18H34O7/c1-3-5-7-17(19)24-15-13-22-11-9-21-10-12-23-14-16-25-18(20)8-6-4-2/h3-16H2,1-2H3. The van der Waals surface area contributed by atoms with Crippen LogP contribution >= 0.6 is 0 Å². The van der Waals surface area contributed by atoms with Gasteiger partial charge in [0, 0.05) is 12.8 Å². The van der Waals surface area contributed by atoms with Gasteiger partial charge in [0.05, 0.1) is 39.6 Å². The molecule has 0 saturated heterocycles. The molecule has 0 fully saturated rings. The molecule has 0 atom stereocenters. The minimum atomic E-state index is -0.171. The van der Waals surface area contributed by atoms with Crippen LogP contribution in [-0.4, -0.2) is 64.8 Å². The highest BCUT2D eigenvalue weighted by Crippen LogP contribution is 1.97. The van der Waals surface area contributed by atoms with E-state index in [2.05, 4.69) is 0 Å². The fourth-order valence-electron chi connectivity index (χ4n) is 1.76. The molecule has 0 aromatic carbocycles. The van der Waals surface area contributed by atoms with E-state index in [-0.39, 0.29) is 25.2 Å². The maximum Gasteiger partial charge on any atom is 0.305 e. The number of carbonyl (C=O) groups is 2. The highest BCUT2D eigenvalue weighted by Gasteiger charge is 2.02. The molecule has 0 spiro atoms. The van der Waals surface area contributed by atoms with Crippen molar-refractivity contribution in [2.45, 2.75) is 52.4 Å². The summed E-state index contributed by atoms with van der Waals surface area (Å²) in [7, 11) is 0. The van der Waals surface area contributed by atoms with Gasteiger partial charge in [-0.2, -0.15) is 0 Å². The van der Waals surface area contributed by atoms with E-state index in [0.717, 1.165) is 25.7 Å². The second kappa shape index (κ2) is 19.1. The third-order valence-corrected chi connectivity index (χ3v) is 3.19. The smallest absolute Gasteiger partial charge is 0.305 e. The lowest BCUT2D eigenvalue weighted by Gasteiger charge is -2.08. The highest BCUT2D eigenvalue weighted by atomic mass is 16.6. The Hall–Kier alpha value is -1.18. The van der Waals surface area contributed by atoms with Gasteiger partial charge in [0.1, 0.15) is 13.2 Å². The molecule has 0 aliphatic carbocycles. The molecule has 0 N–H and O–H groups in total. The first-order valence-corrected chi connectivity index (χ1v) is 9.25. The summed E-state index contributed by atoms with van der Waals surface area (Å²) in [6, 6.07) is 0. The molecule has 25 heavy (non-hydrogen) atoms. The van der Waals surface area contributed by atoms with E-state index >= 15 is 0 Å². The van der Waals surface area contributed by atoms with Crippen molar-refractivity contribution in [3.8, 4) is 0 Å². The number of hydrogen-bond donors (Lipinski definition) is 0. The van der Waals surface area contributed by atoms with Gasteiger partial charge in [-0.05, 0) is 12.8 Å². The van der Waals surface area contributed by atoms with E-state index in [1.165, 1.54) is 0 Å². The largest absolute Gasteiger partial charge is 0.463 e.